The highest BCUT2D eigenvalue weighted by atomic mass is 79.9. The van der Waals surface area contributed by atoms with Gasteiger partial charge in [0.05, 0.1) is 12.2 Å². The molecule has 0 saturated carbocycles. The van der Waals surface area contributed by atoms with Crippen molar-refractivity contribution in [1.29, 1.82) is 0 Å². The monoisotopic (exact) mass is 414 g/mol. The van der Waals surface area contributed by atoms with Gasteiger partial charge in [-0.05, 0) is 42.8 Å². The van der Waals surface area contributed by atoms with E-state index < -0.39 is 0 Å². The summed E-state index contributed by atoms with van der Waals surface area (Å²) in [6.45, 7) is 3.99. The van der Waals surface area contributed by atoms with Crippen molar-refractivity contribution in [1.82, 2.24) is 21.2 Å². The summed E-state index contributed by atoms with van der Waals surface area (Å²) < 4.78 is 6.74. The van der Waals surface area contributed by atoms with Crippen LogP contribution < -0.4 is 16.2 Å². The van der Waals surface area contributed by atoms with Crippen LogP contribution in [0.1, 0.15) is 34.6 Å². The first-order valence-corrected chi connectivity index (χ1v) is 9.24. The van der Waals surface area contributed by atoms with E-state index in [1.165, 1.54) is 0 Å². The Kier molecular flexibility index (Phi) is 4.52. The molecule has 3 aromatic rings. The molecule has 7 heteroatoms. The number of nitrogens with one attached hydrogen (secondary N) is 3. The number of pyridine rings is 1. The lowest BCUT2D eigenvalue weighted by Crippen LogP contribution is -2.46. The molecule has 3 atom stereocenters. The van der Waals surface area contributed by atoms with Crippen LogP contribution in [0.25, 0.3) is 11.0 Å². The normalized spacial score (nSPS) is 22.7. The predicted octanol–water partition coefficient (Wildman–Crippen LogP) is 3.44. The van der Waals surface area contributed by atoms with Crippen molar-refractivity contribution >= 4 is 32.8 Å². The average Bonchev–Trinajstić information content (AvgIpc) is 3.17. The number of carbonyl (C=O) groups excluding carboxylic acids is 1. The van der Waals surface area contributed by atoms with Crippen molar-refractivity contribution < 1.29 is 9.21 Å². The molecule has 1 fully saturated rings. The third kappa shape index (κ3) is 3.02. The summed E-state index contributed by atoms with van der Waals surface area (Å²) in [5, 5.41) is 3.96. The van der Waals surface area contributed by atoms with Crippen LogP contribution in [0, 0.1) is 12.8 Å². The highest BCUT2D eigenvalue weighted by Crippen LogP contribution is 2.30. The highest BCUT2D eigenvalue weighted by molar-refractivity contribution is 9.10. The minimum Gasteiger partial charge on any atom is -0.451 e. The molecule has 0 aliphatic carbocycles. The zero-order valence-electron chi connectivity index (χ0n) is 14.4. The minimum atomic E-state index is -0.226. The van der Waals surface area contributed by atoms with Gasteiger partial charge in [0, 0.05) is 33.7 Å². The van der Waals surface area contributed by atoms with Gasteiger partial charge >= 0.3 is 0 Å². The summed E-state index contributed by atoms with van der Waals surface area (Å²) in [7, 11) is 0. The lowest BCUT2D eigenvalue weighted by Gasteiger charge is -2.19. The summed E-state index contributed by atoms with van der Waals surface area (Å²) in [6, 6.07) is 9.76. The minimum absolute atomic E-state index is 0.0935. The average molecular weight is 415 g/mol. The van der Waals surface area contributed by atoms with Crippen LogP contribution in [0.2, 0.25) is 0 Å². The van der Waals surface area contributed by atoms with Crippen molar-refractivity contribution in [3.63, 3.8) is 0 Å². The van der Waals surface area contributed by atoms with E-state index >= 15 is 0 Å². The number of hydrogen-bond acceptors (Lipinski definition) is 5. The molecule has 1 saturated heterocycles. The van der Waals surface area contributed by atoms with Gasteiger partial charge in [-0.15, -0.1) is 0 Å². The van der Waals surface area contributed by atoms with Crippen LogP contribution in [-0.4, -0.2) is 17.1 Å². The van der Waals surface area contributed by atoms with E-state index in [9.17, 15) is 4.79 Å². The number of aryl methyl sites for hydroxylation is 1. The molecule has 0 spiro atoms. The number of fused-ring (bicyclic) bond motifs is 1. The van der Waals surface area contributed by atoms with Gasteiger partial charge in [-0.1, -0.05) is 22.9 Å². The molecule has 1 aliphatic rings. The third-order valence-corrected chi connectivity index (χ3v) is 5.40. The number of hydrogen-bond donors (Lipinski definition) is 3. The zero-order valence-corrected chi connectivity index (χ0v) is 16.0. The summed E-state index contributed by atoms with van der Waals surface area (Å²) in [6.07, 6.45) is 3.33. The SMILES string of the molecule is Cc1c(C(=O)NC2NNC(c3ccncc3)C2C)oc2ccc(Br)cc12. The van der Waals surface area contributed by atoms with Crippen LogP contribution in [-0.2, 0) is 0 Å². The number of carbonyl (C=O) groups is 1. The Balaban J connectivity index is 1.53. The number of rotatable bonds is 3. The summed E-state index contributed by atoms with van der Waals surface area (Å²) in [5.41, 5.74) is 9.08. The molecule has 6 nitrogen and oxygen atoms in total. The van der Waals surface area contributed by atoms with Crippen LogP contribution in [0.3, 0.4) is 0 Å². The van der Waals surface area contributed by atoms with E-state index in [1.54, 1.807) is 12.4 Å². The molecule has 4 rings (SSSR count). The Hall–Kier alpha value is -2.22. The molecule has 0 bridgehead atoms. The fraction of sp³-hybridized carbons (Fsp3) is 0.263. The van der Waals surface area contributed by atoms with Gasteiger partial charge in [0.1, 0.15) is 5.58 Å². The van der Waals surface area contributed by atoms with Crippen molar-refractivity contribution in [3.05, 3.63) is 64.1 Å². The Labute approximate surface area is 159 Å². The molecule has 3 heterocycles. The Morgan fingerprint density at radius 1 is 1.23 bits per heavy atom. The quantitative estimate of drug-likeness (QED) is 0.611. The van der Waals surface area contributed by atoms with Gasteiger partial charge in [0.2, 0.25) is 0 Å². The van der Waals surface area contributed by atoms with Crippen molar-refractivity contribution in [2.75, 3.05) is 0 Å². The van der Waals surface area contributed by atoms with Gasteiger partial charge in [-0.25, -0.2) is 10.9 Å². The lowest BCUT2D eigenvalue weighted by molar-refractivity contribution is 0.0896. The van der Waals surface area contributed by atoms with Crippen LogP contribution >= 0.6 is 15.9 Å². The number of furan rings is 1. The predicted molar refractivity (Wildman–Crippen MR) is 102 cm³/mol. The highest BCUT2D eigenvalue weighted by Gasteiger charge is 2.35. The summed E-state index contributed by atoms with van der Waals surface area (Å²) in [5.74, 6) is 0.274. The second-order valence-corrected chi connectivity index (χ2v) is 7.47. The third-order valence-electron chi connectivity index (χ3n) is 4.90. The summed E-state index contributed by atoms with van der Waals surface area (Å²) in [4.78, 5) is 16.8. The van der Waals surface area contributed by atoms with E-state index in [0.29, 0.717) is 11.3 Å². The first-order chi connectivity index (χ1) is 12.5. The molecular formula is C19H19BrN4O2. The van der Waals surface area contributed by atoms with Crippen LogP contribution in [0.4, 0.5) is 0 Å². The smallest absolute Gasteiger partial charge is 0.288 e. The number of halogens is 1. The fourth-order valence-electron chi connectivity index (χ4n) is 3.38. The molecule has 3 N–H and O–H groups in total. The molecule has 0 radical (unpaired) electrons. The van der Waals surface area contributed by atoms with Crippen molar-refractivity contribution in [3.8, 4) is 0 Å². The van der Waals surface area contributed by atoms with Gasteiger partial charge < -0.3 is 9.73 Å². The fourth-order valence-corrected chi connectivity index (χ4v) is 3.74. The standard InChI is InChI=1S/C19H19BrN4O2/c1-10-14-9-13(20)3-4-15(14)26-17(10)19(25)22-18-11(2)16(23-24-18)12-5-7-21-8-6-12/h3-9,11,16,18,23-24H,1-2H3,(H,22,25). The molecule has 1 aliphatic heterocycles. The van der Waals surface area contributed by atoms with E-state index in [4.69, 9.17) is 4.42 Å². The number of amides is 1. The largest absolute Gasteiger partial charge is 0.451 e. The number of nitrogens with zero attached hydrogens (tertiary/aromatic N) is 1. The number of aromatic nitrogens is 1. The van der Waals surface area contributed by atoms with E-state index in [-0.39, 0.29) is 24.0 Å². The van der Waals surface area contributed by atoms with Gasteiger partial charge in [-0.2, -0.15) is 0 Å². The maximum Gasteiger partial charge on any atom is 0.288 e. The van der Waals surface area contributed by atoms with Crippen LogP contribution in [0.15, 0.2) is 51.6 Å². The maximum atomic E-state index is 12.8. The maximum absolute atomic E-state index is 12.8. The van der Waals surface area contributed by atoms with Crippen molar-refractivity contribution in [2.45, 2.75) is 26.1 Å². The molecular weight excluding hydrogens is 396 g/mol. The molecule has 26 heavy (non-hydrogen) atoms. The van der Waals surface area contributed by atoms with Gasteiger partial charge in [-0.3, -0.25) is 9.78 Å². The molecule has 3 unspecified atom stereocenters. The molecule has 134 valence electrons. The Morgan fingerprint density at radius 2 is 2.00 bits per heavy atom. The molecule has 1 aromatic carbocycles. The van der Waals surface area contributed by atoms with E-state index in [1.807, 2.05) is 37.3 Å². The van der Waals surface area contributed by atoms with Crippen molar-refractivity contribution in [2.24, 2.45) is 5.92 Å². The number of benzene rings is 1. The Bertz CT molecular complexity index is 957. The first-order valence-electron chi connectivity index (χ1n) is 8.45. The van der Waals surface area contributed by atoms with Gasteiger partial charge in [0.15, 0.2) is 5.76 Å². The Morgan fingerprint density at radius 3 is 2.77 bits per heavy atom. The molecule has 2 aromatic heterocycles. The molecule has 1 amide bonds. The number of hydrazine groups is 1. The second-order valence-electron chi connectivity index (χ2n) is 6.55. The second kappa shape index (κ2) is 6.83. The van der Waals surface area contributed by atoms with E-state index in [2.05, 4.69) is 44.0 Å². The first kappa shape index (κ1) is 17.2. The zero-order chi connectivity index (χ0) is 18.3. The van der Waals surface area contributed by atoms with Crippen LogP contribution in [0.5, 0.6) is 0 Å². The lowest BCUT2D eigenvalue weighted by atomic mass is 9.95. The van der Waals surface area contributed by atoms with Gasteiger partial charge in [0.25, 0.3) is 5.91 Å². The van der Waals surface area contributed by atoms with E-state index in [0.717, 1.165) is 21.0 Å². The summed E-state index contributed by atoms with van der Waals surface area (Å²) >= 11 is 3.46. The topological polar surface area (TPSA) is 79.2 Å².